The average Bonchev–Trinajstić information content (AvgIpc) is 2.53. The minimum Gasteiger partial charge on any atom is -0.444 e. The Labute approximate surface area is 119 Å². The molecule has 1 heterocycles. The molecule has 18 heavy (non-hydrogen) atoms. The van der Waals surface area contributed by atoms with E-state index < -0.39 is 17.7 Å². The van der Waals surface area contributed by atoms with Gasteiger partial charge in [0.2, 0.25) is 0 Å². The second-order valence-electron chi connectivity index (χ2n) is 4.81. The molecule has 0 radical (unpaired) electrons. The standard InChI is InChI=1S/C12H16BrNO3S/c1-7-8(13)5-10(18-7)9(6-15)14-11(16)17-12(2,3)4/h5-6,9H,1-4H3,(H,14,16). The van der Waals surface area contributed by atoms with Gasteiger partial charge in [0.05, 0.1) is 0 Å². The first-order valence-corrected chi connectivity index (χ1v) is 7.04. The van der Waals surface area contributed by atoms with Gasteiger partial charge in [0.25, 0.3) is 0 Å². The Morgan fingerprint density at radius 3 is 2.56 bits per heavy atom. The molecule has 1 amide bonds. The predicted octanol–water partition coefficient (Wildman–Crippen LogP) is 3.58. The second-order valence-corrected chi connectivity index (χ2v) is 6.96. The third kappa shape index (κ3) is 4.42. The number of carbonyl (C=O) groups excluding carboxylic acids is 2. The van der Waals surface area contributed by atoms with Crippen molar-refractivity contribution in [2.24, 2.45) is 0 Å². The molecule has 1 unspecified atom stereocenters. The van der Waals surface area contributed by atoms with Crippen LogP contribution in [-0.4, -0.2) is 18.0 Å². The molecule has 0 saturated carbocycles. The molecule has 0 aliphatic rings. The number of aryl methyl sites for hydroxylation is 1. The van der Waals surface area contributed by atoms with Crippen molar-refractivity contribution in [2.75, 3.05) is 0 Å². The lowest BCUT2D eigenvalue weighted by Gasteiger charge is -2.21. The monoisotopic (exact) mass is 333 g/mol. The normalized spacial score (nSPS) is 12.9. The van der Waals surface area contributed by atoms with Crippen LogP contribution in [-0.2, 0) is 9.53 Å². The maximum atomic E-state index is 11.6. The number of amides is 1. The van der Waals surface area contributed by atoms with Crippen LogP contribution < -0.4 is 5.32 Å². The van der Waals surface area contributed by atoms with Crippen LogP contribution in [0.25, 0.3) is 0 Å². The Balaban J connectivity index is 2.74. The van der Waals surface area contributed by atoms with Gasteiger partial charge in [-0.25, -0.2) is 4.79 Å². The van der Waals surface area contributed by atoms with Crippen LogP contribution in [0.3, 0.4) is 0 Å². The fraction of sp³-hybridized carbons (Fsp3) is 0.500. The summed E-state index contributed by atoms with van der Waals surface area (Å²) in [5.41, 5.74) is -0.580. The average molecular weight is 334 g/mol. The molecule has 1 rings (SSSR count). The van der Waals surface area contributed by atoms with Gasteiger partial charge < -0.3 is 14.8 Å². The summed E-state index contributed by atoms with van der Waals surface area (Å²) < 4.78 is 6.04. The van der Waals surface area contributed by atoms with Crippen molar-refractivity contribution in [3.8, 4) is 0 Å². The summed E-state index contributed by atoms with van der Waals surface area (Å²) in [5, 5.41) is 2.54. The number of hydrogen-bond donors (Lipinski definition) is 1. The number of nitrogens with one attached hydrogen (secondary N) is 1. The van der Waals surface area contributed by atoms with E-state index in [0.29, 0.717) is 6.29 Å². The SMILES string of the molecule is Cc1sc(C(C=O)NC(=O)OC(C)(C)C)cc1Br. The van der Waals surface area contributed by atoms with Crippen molar-refractivity contribution in [3.63, 3.8) is 0 Å². The van der Waals surface area contributed by atoms with Gasteiger partial charge in [0.15, 0.2) is 0 Å². The van der Waals surface area contributed by atoms with Crippen LogP contribution in [0.15, 0.2) is 10.5 Å². The number of halogens is 1. The van der Waals surface area contributed by atoms with Gasteiger partial charge >= 0.3 is 6.09 Å². The number of carbonyl (C=O) groups is 2. The molecule has 1 atom stereocenters. The zero-order valence-electron chi connectivity index (χ0n) is 10.7. The molecule has 0 aliphatic heterocycles. The smallest absolute Gasteiger partial charge is 0.408 e. The predicted molar refractivity (Wildman–Crippen MR) is 74.9 cm³/mol. The maximum absolute atomic E-state index is 11.6. The molecule has 0 aromatic carbocycles. The molecule has 0 saturated heterocycles. The topological polar surface area (TPSA) is 55.4 Å². The van der Waals surface area contributed by atoms with E-state index in [2.05, 4.69) is 21.2 Å². The quantitative estimate of drug-likeness (QED) is 0.860. The van der Waals surface area contributed by atoms with Crippen LogP contribution in [0.5, 0.6) is 0 Å². The summed E-state index contributed by atoms with van der Waals surface area (Å²) in [6, 6.07) is 1.16. The summed E-state index contributed by atoms with van der Waals surface area (Å²) in [6.07, 6.45) is 0.100. The summed E-state index contributed by atoms with van der Waals surface area (Å²) >= 11 is 4.84. The van der Waals surface area contributed by atoms with E-state index >= 15 is 0 Å². The fourth-order valence-corrected chi connectivity index (χ4v) is 2.81. The number of rotatable bonds is 3. The highest BCUT2D eigenvalue weighted by atomic mass is 79.9. The number of ether oxygens (including phenoxy) is 1. The van der Waals surface area contributed by atoms with Gasteiger partial charge in [-0.3, -0.25) is 0 Å². The lowest BCUT2D eigenvalue weighted by Crippen LogP contribution is -2.35. The maximum Gasteiger partial charge on any atom is 0.408 e. The molecule has 4 nitrogen and oxygen atoms in total. The Kier molecular flexibility index (Phi) is 4.92. The van der Waals surface area contributed by atoms with E-state index in [9.17, 15) is 9.59 Å². The first kappa shape index (κ1) is 15.2. The van der Waals surface area contributed by atoms with Crippen LogP contribution in [0, 0.1) is 6.92 Å². The van der Waals surface area contributed by atoms with Crippen LogP contribution in [0.4, 0.5) is 4.79 Å². The van der Waals surface area contributed by atoms with Gasteiger partial charge in [-0.05, 0) is 49.7 Å². The van der Waals surface area contributed by atoms with Crippen LogP contribution in [0.2, 0.25) is 0 Å². The van der Waals surface area contributed by atoms with E-state index in [1.165, 1.54) is 11.3 Å². The van der Waals surface area contributed by atoms with Crippen molar-refractivity contribution in [1.29, 1.82) is 0 Å². The van der Waals surface area contributed by atoms with Crippen molar-refractivity contribution in [2.45, 2.75) is 39.3 Å². The third-order valence-electron chi connectivity index (χ3n) is 1.99. The zero-order valence-corrected chi connectivity index (χ0v) is 13.1. The highest BCUT2D eigenvalue weighted by molar-refractivity contribution is 9.10. The molecule has 1 N–H and O–H groups in total. The van der Waals surface area contributed by atoms with Crippen molar-refractivity contribution < 1.29 is 14.3 Å². The molecular formula is C12H16BrNO3S. The molecule has 1 aromatic heterocycles. The van der Waals surface area contributed by atoms with Crippen LogP contribution >= 0.6 is 27.3 Å². The molecule has 0 aliphatic carbocycles. The van der Waals surface area contributed by atoms with Crippen molar-refractivity contribution >= 4 is 39.6 Å². The van der Waals surface area contributed by atoms with Gasteiger partial charge in [0.1, 0.15) is 17.9 Å². The number of hydrogen-bond acceptors (Lipinski definition) is 4. The summed E-state index contributed by atoms with van der Waals surface area (Å²) in [6.45, 7) is 7.25. The van der Waals surface area contributed by atoms with E-state index in [1.807, 2.05) is 13.0 Å². The van der Waals surface area contributed by atoms with Gasteiger partial charge in [-0.2, -0.15) is 0 Å². The largest absolute Gasteiger partial charge is 0.444 e. The van der Waals surface area contributed by atoms with Gasteiger partial charge in [0, 0.05) is 14.2 Å². The Morgan fingerprint density at radius 2 is 2.17 bits per heavy atom. The third-order valence-corrected chi connectivity index (χ3v) is 4.21. The van der Waals surface area contributed by atoms with E-state index in [1.54, 1.807) is 20.8 Å². The number of thiophene rings is 1. The minimum atomic E-state index is -0.671. The molecule has 1 aromatic rings. The molecule has 0 spiro atoms. The molecule has 0 fully saturated rings. The molecule has 100 valence electrons. The zero-order chi connectivity index (χ0) is 13.9. The number of alkyl carbamates (subject to hydrolysis) is 1. The first-order chi connectivity index (χ1) is 8.23. The van der Waals surface area contributed by atoms with Gasteiger partial charge in [-0.15, -0.1) is 11.3 Å². The lowest BCUT2D eigenvalue weighted by atomic mass is 10.2. The highest BCUT2D eigenvalue weighted by Gasteiger charge is 2.21. The first-order valence-electron chi connectivity index (χ1n) is 5.43. The Hall–Kier alpha value is -0.880. The van der Waals surface area contributed by atoms with Gasteiger partial charge in [-0.1, -0.05) is 0 Å². The van der Waals surface area contributed by atoms with Crippen molar-refractivity contribution in [3.05, 3.63) is 20.3 Å². The highest BCUT2D eigenvalue weighted by Crippen LogP contribution is 2.30. The number of aldehydes is 1. The fourth-order valence-electron chi connectivity index (χ4n) is 1.24. The minimum absolute atomic E-state index is 0.580. The molecule has 0 bridgehead atoms. The van der Waals surface area contributed by atoms with Crippen LogP contribution in [0.1, 0.15) is 36.6 Å². The summed E-state index contributed by atoms with van der Waals surface area (Å²) in [5.74, 6) is 0. The molecule has 6 heteroatoms. The van der Waals surface area contributed by atoms with Crippen molar-refractivity contribution in [1.82, 2.24) is 5.32 Å². The van der Waals surface area contributed by atoms with E-state index in [4.69, 9.17) is 4.74 Å². The Bertz CT molecular complexity index is 431. The van der Waals surface area contributed by atoms with E-state index in [-0.39, 0.29) is 0 Å². The second kappa shape index (κ2) is 5.84. The summed E-state index contributed by atoms with van der Waals surface area (Å²) in [4.78, 5) is 24.5. The Morgan fingerprint density at radius 1 is 1.56 bits per heavy atom. The molecular weight excluding hydrogens is 318 g/mol. The van der Waals surface area contributed by atoms with E-state index in [0.717, 1.165) is 14.2 Å². The summed E-state index contributed by atoms with van der Waals surface area (Å²) in [7, 11) is 0. The lowest BCUT2D eigenvalue weighted by molar-refractivity contribution is -0.109.